The zero-order valence-corrected chi connectivity index (χ0v) is 16.2. The van der Waals surface area contributed by atoms with E-state index in [-0.39, 0.29) is 5.56 Å². The van der Waals surface area contributed by atoms with E-state index in [1.807, 2.05) is 24.7 Å². The zero-order valence-electron chi connectivity index (χ0n) is 15.4. The monoisotopic (exact) mass is 382 g/mol. The van der Waals surface area contributed by atoms with Gasteiger partial charge in [0.25, 0.3) is 5.56 Å². The molecule has 2 aromatic heterocycles. The van der Waals surface area contributed by atoms with Crippen molar-refractivity contribution >= 4 is 34.2 Å². The fraction of sp³-hybridized carbons (Fsp3) is 0.350. The Hall–Kier alpha value is -2.38. The first-order valence-corrected chi connectivity index (χ1v) is 10.4. The van der Waals surface area contributed by atoms with Crippen LogP contribution in [0.4, 0.5) is 11.4 Å². The summed E-state index contributed by atoms with van der Waals surface area (Å²) in [5.74, 6) is 0. The van der Waals surface area contributed by atoms with Crippen LogP contribution in [0.3, 0.4) is 0 Å². The maximum Gasteiger partial charge on any atom is 0.274 e. The first-order chi connectivity index (χ1) is 13.2. The molecule has 140 valence electrons. The molecule has 2 saturated heterocycles. The van der Waals surface area contributed by atoms with Crippen molar-refractivity contribution in [2.75, 3.05) is 29.0 Å². The number of benzene rings is 1. The Labute approximate surface area is 161 Å². The summed E-state index contributed by atoms with van der Waals surface area (Å²) in [5, 5.41) is 0.959. The maximum absolute atomic E-state index is 12.5. The standard InChI is InChI=1S/C20H22N4O2S/c1-23-10-17(15-5-6-21-19(15)20(23)25)16-7-12(22-27-2)3-4-18(16)24-9-14-8-13(24)11-26-14/h3-7,10,13-14,21-22H,8-9,11H2,1-2H3. The summed E-state index contributed by atoms with van der Waals surface area (Å²) in [6.45, 7) is 1.72. The molecule has 0 aliphatic carbocycles. The van der Waals surface area contributed by atoms with Crippen LogP contribution >= 0.6 is 11.9 Å². The van der Waals surface area contributed by atoms with E-state index < -0.39 is 0 Å². The number of morpholine rings is 1. The number of fused-ring (bicyclic) bond motifs is 3. The van der Waals surface area contributed by atoms with Crippen molar-refractivity contribution in [1.29, 1.82) is 0 Å². The van der Waals surface area contributed by atoms with E-state index in [0.717, 1.165) is 41.8 Å². The predicted molar refractivity (Wildman–Crippen MR) is 112 cm³/mol. The van der Waals surface area contributed by atoms with E-state index in [1.165, 1.54) is 5.69 Å². The number of H-pyrrole nitrogens is 1. The van der Waals surface area contributed by atoms with Crippen molar-refractivity contribution in [2.45, 2.75) is 18.6 Å². The van der Waals surface area contributed by atoms with Crippen LogP contribution in [0.1, 0.15) is 6.42 Å². The topological polar surface area (TPSA) is 62.3 Å². The minimum absolute atomic E-state index is 0.00711. The Morgan fingerprint density at radius 1 is 1.30 bits per heavy atom. The van der Waals surface area contributed by atoms with Gasteiger partial charge in [-0.1, -0.05) is 11.9 Å². The summed E-state index contributed by atoms with van der Waals surface area (Å²) in [5.41, 5.74) is 5.11. The molecule has 2 atom stereocenters. The summed E-state index contributed by atoms with van der Waals surface area (Å²) < 4.78 is 10.8. The number of rotatable bonds is 4. The number of hydrogen-bond donors (Lipinski definition) is 2. The van der Waals surface area contributed by atoms with Gasteiger partial charge in [0.15, 0.2) is 0 Å². The lowest BCUT2D eigenvalue weighted by molar-refractivity contribution is 0.0992. The molecule has 0 radical (unpaired) electrons. The highest BCUT2D eigenvalue weighted by molar-refractivity contribution is 7.99. The largest absolute Gasteiger partial charge is 0.374 e. The van der Waals surface area contributed by atoms with Gasteiger partial charge >= 0.3 is 0 Å². The van der Waals surface area contributed by atoms with Crippen LogP contribution in [-0.4, -0.2) is 41.1 Å². The number of nitrogens with zero attached hydrogens (tertiary/aromatic N) is 2. The third-order valence-corrected chi connectivity index (χ3v) is 6.05. The van der Waals surface area contributed by atoms with Crippen molar-refractivity contribution < 1.29 is 4.74 Å². The van der Waals surface area contributed by atoms with E-state index in [0.29, 0.717) is 17.7 Å². The minimum atomic E-state index is -0.00711. The van der Waals surface area contributed by atoms with Crippen LogP contribution in [0.2, 0.25) is 0 Å². The van der Waals surface area contributed by atoms with Gasteiger partial charge in [-0.05, 0) is 30.7 Å². The molecule has 2 aliphatic heterocycles. The van der Waals surface area contributed by atoms with Crippen LogP contribution in [0.15, 0.2) is 41.5 Å². The highest BCUT2D eigenvalue weighted by Gasteiger charge is 2.39. The molecule has 6 nitrogen and oxygen atoms in total. The Morgan fingerprint density at radius 3 is 2.93 bits per heavy atom. The molecule has 0 saturated carbocycles. The van der Waals surface area contributed by atoms with Crippen LogP contribution in [0.25, 0.3) is 22.0 Å². The zero-order chi connectivity index (χ0) is 18.5. The second-order valence-corrected chi connectivity index (χ2v) is 7.87. The molecule has 5 rings (SSSR count). The van der Waals surface area contributed by atoms with Gasteiger partial charge in [0.05, 0.1) is 18.8 Å². The fourth-order valence-electron chi connectivity index (χ4n) is 4.36. The van der Waals surface area contributed by atoms with E-state index >= 15 is 0 Å². The maximum atomic E-state index is 12.5. The lowest BCUT2D eigenvalue weighted by atomic mass is 10.00. The normalized spacial score (nSPS) is 21.3. The van der Waals surface area contributed by atoms with Gasteiger partial charge in [-0.15, -0.1) is 0 Å². The molecule has 3 aromatic rings. The number of ether oxygens (including phenoxy) is 1. The first kappa shape index (κ1) is 16.8. The molecule has 7 heteroatoms. The fourth-order valence-corrected chi connectivity index (χ4v) is 4.72. The third kappa shape index (κ3) is 2.64. The Kier molecular flexibility index (Phi) is 3.94. The molecule has 0 spiro atoms. The van der Waals surface area contributed by atoms with Gasteiger partial charge in [0.2, 0.25) is 0 Å². The van der Waals surface area contributed by atoms with Crippen molar-refractivity contribution in [3.05, 3.63) is 47.0 Å². The van der Waals surface area contributed by atoms with Crippen molar-refractivity contribution in [1.82, 2.24) is 9.55 Å². The second-order valence-electron chi connectivity index (χ2n) is 7.26. The average Bonchev–Trinajstić information content (AvgIpc) is 3.41. The van der Waals surface area contributed by atoms with Gasteiger partial charge in [0.1, 0.15) is 5.52 Å². The van der Waals surface area contributed by atoms with Gasteiger partial charge in [0, 0.05) is 60.1 Å². The SMILES string of the molecule is CSNc1ccc(N2CC3CC2CO3)c(-c2cn(C)c(=O)c3[nH]ccc23)c1. The number of hydrogen-bond acceptors (Lipinski definition) is 5. The summed E-state index contributed by atoms with van der Waals surface area (Å²) >= 11 is 1.57. The molecule has 2 aliphatic rings. The lowest BCUT2D eigenvalue weighted by Gasteiger charge is -2.31. The van der Waals surface area contributed by atoms with Crippen molar-refractivity contribution in [3.63, 3.8) is 0 Å². The second kappa shape index (κ2) is 6.35. The van der Waals surface area contributed by atoms with Gasteiger partial charge in [-0.3, -0.25) is 4.79 Å². The highest BCUT2D eigenvalue weighted by Crippen LogP contribution is 2.41. The predicted octanol–water partition coefficient (Wildman–Crippen LogP) is 3.20. The number of pyridine rings is 1. The summed E-state index contributed by atoms with van der Waals surface area (Å²) in [6.07, 6.45) is 7.23. The quantitative estimate of drug-likeness (QED) is 0.679. The molecule has 27 heavy (non-hydrogen) atoms. The van der Waals surface area contributed by atoms with Crippen molar-refractivity contribution in [2.24, 2.45) is 7.05 Å². The number of anilines is 2. The number of aryl methyl sites for hydroxylation is 1. The lowest BCUT2D eigenvalue weighted by Crippen LogP contribution is -2.37. The van der Waals surface area contributed by atoms with Gasteiger partial charge in [-0.25, -0.2) is 0 Å². The Balaban J connectivity index is 1.73. The minimum Gasteiger partial charge on any atom is -0.374 e. The molecule has 1 aromatic carbocycles. The van der Waals surface area contributed by atoms with Crippen LogP contribution < -0.4 is 15.2 Å². The van der Waals surface area contributed by atoms with Gasteiger partial charge in [-0.2, -0.15) is 0 Å². The van der Waals surface area contributed by atoms with Crippen molar-refractivity contribution in [3.8, 4) is 11.1 Å². The number of aromatic amines is 1. The molecular weight excluding hydrogens is 360 g/mol. The molecule has 0 amide bonds. The molecule has 2 unspecified atom stereocenters. The van der Waals surface area contributed by atoms with E-state index in [2.05, 4.69) is 32.8 Å². The molecule has 2 bridgehead atoms. The molecular formula is C20H22N4O2S. The van der Waals surface area contributed by atoms with Crippen LogP contribution in [0, 0.1) is 0 Å². The number of aromatic nitrogens is 2. The molecule has 2 N–H and O–H groups in total. The van der Waals surface area contributed by atoms with E-state index in [4.69, 9.17) is 4.74 Å². The smallest absolute Gasteiger partial charge is 0.274 e. The summed E-state index contributed by atoms with van der Waals surface area (Å²) in [4.78, 5) is 18.1. The Bertz CT molecular complexity index is 1070. The summed E-state index contributed by atoms with van der Waals surface area (Å²) in [7, 11) is 1.81. The van der Waals surface area contributed by atoms with E-state index in [1.54, 1.807) is 23.6 Å². The number of nitrogens with one attached hydrogen (secondary N) is 2. The van der Waals surface area contributed by atoms with Crippen LogP contribution in [-0.2, 0) is 11.8 Å². The average molecular weight is 382 g/mol. The molecule has 2 fully saturated rings. The van der Waals surface area contributed by atoms with Gasteiger partial charge < -0.3 is 23.9 Å². The highest BCUT2D eigenvalue weighted by atomic mass is 32.2. The van der Waals surface area contributed by atoms with E-state index in [9.17, 15) is 4.79 Å². The summed E-state index contributed by atoms with van der Waals surface area (Å²) in [6, 6.07) is 8.92. The first-order valence-electron chi connectivity index (χ1n) is 9.14. The van der Waals surface area contributed by atoms with Crippen LogP contribution in [0.5, 0.6) is 0 Å². The third-order valence-electron chi connectivity index (χ3n) is 5.61. The Morgan fingerprint density at radius 2 is 2.19 bits per heavy atom. The molecule has 4 heterocycles.